The van der Waals surface area contributed by atoms with Crippen molar-refractivity contribution in [3.05, 3.63) is 28.2 Å². The van der Waals surface area contributed by atoms with Crippen molar-refractivity contribution in [3.8, 4) is 5.75 Å². The third-order valence-electron chi connectivity index (χ3n) is 2.66. The molecule has 1 aliphatic carbocycles. The van der Waals surface area contributed by atoms with Gasteiger partial charge in [0, 0.05) is 10.5 Å². The number of halogens is 1. The lowest BCUT2D eigenvalue weighted by Gasteiger charge is -2.13. The minimum absolute atomic E-state index is 0.0453. The molecule has 0 saturated heterocycles. The van der Waals surface area contributed by atoms with Gasteiger partial charge in [-0.2, -0.15) is 0 Å². The second kappa shape index (κ2) is 3.91. The first-order valence-electron chi connectivity index (χ1n) is 4.91. The Bertz CT molecular complexity index is 336. The van der Waals surface area contributed by atoms with Crippen molar-refractivity contribution in [2.24, 2.45) is 11.7 Å². The molecule has 1 aliphatic rings. The number of benzene rings is 1. The molecule has 1 aromatic rings. The van der Waals surface area contributed by atoms with Crippen LogP contribution < -0.4 is 5.73 Å². The van der Waals surface area contributed by atoms with Crippen molar-refractivity contribution in [1.29, 1.82) is 0 Å². The van der Waals surface area contributed by atoms with E-state index in [-0.39, 0.29) is 11.8 Å². The minimum Gasteiger partial charge on any atom is -0.508 e. The summed E-state index contributed by atoms with van der Waals surface area (Å²) in [6.45, 7) is 0. The molecule has 0 aliphatic heterocycles. The highest BCUT2D eigenvalue weighted by Crippen LogP contribution is 2.38. The van der Waals surface area contributed by atoms with Crippen LogP contribution in [0.5, 0.6) is 5.75 Å². The van der Waals surface area contributed by atoms with Crippen LogP contribution in [0.1, 0.15) is 30.9 Å². The van der Waals surface area contributed by atoms with E-state index < -0.39 is 0 Å². The Morgan fingerprint density at radius 2 is 2.21 bits per heavy atom. The van der Waals surface area contributed by atoms with Gasteiger partial charge in [-0.25, -0.2) is 0 Å². The molecule has 1 atom stereocenters. The molecular formula is C11H14BrNO. The fraction of sp³-hybridized carbons (Fsp3) is 0.455. The molecule has 0 spiro atoms. The van der Waals surface area contributed by atoms with Crippen molar-refractivity contribution < 1.29 is 5.11 Å². The van der Waals surface area contributed by atoms with Crippen LogP contribution in [-0.4, -0.2) is 5.11 Å². The summed E-state index contributed by atoms with van der Waals surface area (Å²) in [6, 6.07) is 5.30. The predicted molar refractivity (Wildman–Crippen MR) is 60.1 cm³/mol. The number of phenolic OH excluding ortho intramolecular Hbond substituents is 1. The Hall–Kier alpha value is -0.540. The molecule has 0 unspecified atom stereocenters. The van der Waals surface area contributed by atoms with Gasteiger partial charge in [0.1, 0.15) is 5.75 Å². The number of hydrogen-bond acceptors (Lipinski definition) is 2. The van der Waals surface area contributed by atoms with E-state index in [2.05, 4.69) is 15.9 Å². The van der Waals surface area contributed by atoms with Gasteiger partial charge in [-0.3, -0.25) is 0 Å². The Morgan fingerprint density at radius 1 is 1.50 bits per heavy atom. The van der Waals surface area contributed by atoms with Crippen molar-refractivity contribution in [2.45, 2.75) is 25.3 Å². The number of nitrogens with two attached hydrogens (primary N) is 1. The fourth-order valence-corrected chi connectivity index (χ4v) is 2.20. The molecule has 3 heteroatoms. The summed E-state index contributed by atoms with van der Waals surface area (Å²) in [5, 5.41) is 9.36. The average Bonchev–Trinajstić information content (AvgIpc) is 2.93. The summed E-state index contributed by atoms with van der Waals surface area (Å²) in [4.78, 5) is 0. The molecule has 1 aromatic carbocycles. The first-order valence-corrected chi connectivity index (χ1v) is 5.70. The van der Waals surface area contributed by atoms with Crippen molar-refractivity contribution in [1.82, 2.24) is 0 Å². The molecule has 0 aromatic heterocycles. The molecule has 0 heterocycles. The molecular weight excluding hydrogens is 242 g/mol. The van der Waals surface area contributed by atoms with Gasteiger partial charge >= 0.3 is 0 Å². The Kier molecular flexibility index (Phi) is 2.79. The van der Waals surface area contributed by atoms with Gasteiger partial charge in [0.15, 0.2) is 0 Å². The van der Waals surface area contributed by atoms with E-state index in [1.165, 1.54) is 12.8 Å². The molecule has 76 valence electrons. The van der Waals surface area contributed by atoms with E-state index in [0.29, 0.717) is 0 Å². The van der Waals surface area contributed by atoms with Crippen molar-refractivity contribution in [2.75, 3.05) is 0 Å². The number of phenols is 1. The van der Waals surface area contributed by atoms with Gasteiger partial charge < -0.3 is 10.8 Å². The zero-order valence-corrected chi connectivity index (χ0v) is 9.50. The smallest absolute Gasteiger partial charge is 0.115 e. The van der Waals surface area contributed by atoms with Gasteiger partial charge in [0.25, 0.3) is 0 Å². The first kappa shape index (κ1) is 9.99. The fourth-order valence-electron chi connectivity index (χ4n) is 1.65. The molecule has 2 nitrogen and oxygen atoms in total. The van der Waals surface area contributed by atoms with E-state index in [4.69, 9.17) is 5.73 Å². The summed E-state index contributed by atoms with van der Waals surface area (Å²) >= 11 is 3.45. The number of hydrogen-bond donors (Lipinski definition) is 2. The molecule has 1 fully saturated rings. The summed E-state index contributed by atoms with van der Waals surface area (Å²) in [6.07, 6.45) is 3.65. The zero-order chi connectivity index (χ0) is 10.1. The van der Waals surface area contributed by atoms with Crippen LogP contribution in [0.15, 0.2) is 22.7 Å². The standard InChI is InChI=1S/C11H14BrNO/c12-10-4-3-8(14)6-9(10)11(13)5-7-1-2-7/h3-4,6-7,11,14H,1-2,5,13H2/t11-/m0/s1. The SMILES string of the molecule is N[C@@H](CC1CC1)c1cc(O)ccc1Br. The highest BCUT2D eigenvalue weighted by Gasteiger charge is 2.25. The topological polar surface area (TPSA) is 46.2 Å². The molecule has 14 heavy (non-hydrogen) atoms. The third kappa shape index (κ3) is 2.28. The zero-order valence-electron chi connectivity index (χ0n) is 7.91. The van der Waals surface area contributed by atoms with E-state index in [9.17, 15) is 5.11 Å². The Morgan fingerprint density at radius 3 is 2.86 bits per heavy atom. The summed E-state index contributed by atoms with van der Waals surface area (Å²) in [5.74, 6) is 1.09. The molecule has 2 rings (SSSR count). The highest BCUT2D eigenvalue weighted by molar-refractivity contribution is 9.10. The van der Waals surface area contributed by atoms with Crippen LogP contribution >= 0.6 is 15.9 Å². The normalized spacial score (nSPS) is 18.1. The van der Waals surface area contributed by atoms with Gasteiger partial charge in [-0.15, -0.1) is 0 Å². The first-order chi connectivity index (χ1) is 6.66. The van der Waals surface area contributed by atoms with Gasteiger partial charge in [0.2, 0.25) is 0 Å². The second-order valence-electron chi connectivity index (χ2n) is 3.99. The van der Waals surface area contributed by atoms with Crippen molar-refractivity contribution >= 4 is 15.9 Å². The van der Waals surface area contributed by atoms with E-state index >= 15 is 0 Å². The maximum Gasteiger partial charge on any atom is 0.115 e. The average molecular weight is 256 g/mol. The Labute approximate surface area is 92.3 Å². The molecule has 0 amide bonds. The monoisotopic (exact) mass is 255 g/mol. The quantitative estimate of drug-likeness (QED) is 0.873. The Balaban J connectivity index is 2.15. The van der Waals surface area contributed by atoms with Gasteiger partial charge in [0.05, 0.1) is 0 Å². The lowest BCUT2D eigenvalue weighted by Crippen LogP contribution is -2.11. The minimum atomic E-state index is 0.0453. The maximum absolute atomic E-state index is 9.36. The third-order valence-corrected chi connectivity index (χ3v) is 3.39. The lowest BCUT2D eigenvalue weighted by atomic mass is 10.0. The van der Waals surface area contributed by atoms with Gasteiger partial charge in [-0.05, 0) is 36.1 Å². The molecule has 0 bridgehead atoms. The predicted octanol–water partition coefficient (Wildman–Crippen LogP) is 2.95. The second-order valence-corrected chi connectivity index (χ2v) is 4.85. The summed E-state index contributed by atoms with van der Waals surface area (Å²) in [5.41, 5.74) is 7.08. The molecule has 3 N–H and O–H groups in total. The number of aromatic hydroxyl groups is 1. The molecule has 1 saturated carbocycles. The van der Waals surface area contributed by atoms with Crippen LogP contribution in [0.25, 0.3) is 0 Å². The highest BCUT2D eigenvalue weighted by atomic mass is 79.9. The summed E-state index contributed by atoms with van der Waals surface area (Å²) in [7, 11) is 0. The van der Waals surface area contributed by atoms with Crippen LogP contribution in [0, 0.1) is 5.92 Å². The van der Waals surface area contributed by atoms with Crippen molar-refractivity contribution in [3.63, 3.8) is 0 Å². The largest absolute Gasteiger partial charge is 0.508 e. The number of rotatable bonds is 3. The van der Waals surface area contributed by atoms with Crippen LogP contribution in [-0.2, 0) is 0 Å². The summed E-state index contributed by atoms with van der Waals surface area (Å²) < 4.78 is 0.989. The van der Waals surface area contributed by atoms with E-state index in [0.717, 1.165) is 22.4 Å². The van der Waals surface area contributed by atoms with Gasteiger partial charge in [-0.1, -0.05) is 28.8 Å². The molecule has 0 radical (unpaired) electrons. The van der Waals surface area contributed by atoms with Crippen LogP contribution in [0.3, 0.4) is 0 Å². The van der Waals surface area contributed by atoms with E-state index in [1.807, 2.05) is 6.07 Å². The van der Waals surface area contributed by atoms with Crippen LogP contribution in [0.4, 0.5) is 0 Å². The maximum atomic E-state index is 9.36. The van der Waals surface area contributed by atoms with E-state index in [1.54, 1.807) is 12.1 Å². The van der Waals surface area contributed by atoms with Crippen LogP contribution in [0.2, 0.25) is 0 Å². The lowest BCUT2D eigenvalue weighted by molar-refractivity contribution is 0.472.